The molecule has 1 N–H and O–H groups in total. The second-order valence-electron chi connectivity index (χ2n) is 5.92. The minimum absolute atomic E-state index is 0.222. The standard InChI is InChI=1S/C16H19IN2O3S/c1-11-15(12-6-3-2-4-7-12)18-22-16(11)19-23(20,21)14-9-5-8-13(17)10-14/h5,8-10,12,19H,2-4,6-7H2,1H3. The number of nitrogens with zero attached hydrogens (tertiary/aromatic N) is 1. The van der Waals surface area contributed by atoms with Crippen LogP contribution in [-0.4, -0.2) is 13.6 Å². The van der Waals surface area contributed by atoms with Crippen molar-refractivity contribution in [2.75, 3.05) is 4.72 Å². The van der Waals surface area contributed by atoms with Crippen molar-refractivity contribution >= 4 is 38.5 Å². The summed E-state index contributed by atoms with van der Waals surface area (Å²) in [6, 6.07) is 6.76. The van der Waals surface area contributed by atoms with Crippen LogP contribution < -0.4 is 4.72 Å². The average Bonchev–Trinajstić information content (AvgIpc) is 2.89. The summed E-state index contributed by atoms with van der Waals surface area (Å²) in [6.45, 7) is 1.87. The first-order chi connectivity index (χ1) is 11.0. The molecule has 23 heavy (non-hydrogen) atoms. The van der Waals surface area contributed by atoms with Crippen LogP contribution in [0.4, 0.5) is 5.88 Å². The molecule has 2 aromatic rings. The Bertz CT molecular complexity index is 795. The van der Waals surface area contributed by atoms with Gasteiger partial charge in [0.05, 0.1) is 10.6 Å². The summed E-state index contributed by atoms with van der Waals surface area (Å²) in [5.74, 6) is 0.605. The van der Waals surface area contributed by atoms with E-state index in [-0.39, 0.29) is 10.8 Å². The molecular weight excluding hydrogens is 427 g/mol. The van der Waals surface area contributed by atoms with Gasteiger partial charge in [-0.25, -0.2) is 13.1 Å². The lowest BCUT2D eigenvalue weighted by Gasteiger charge is -2.19. The second kappa shape index (κ2) is 6.80. The molecule has 0 aliphatic heterocycles. The minimum atomic E-state index is -3.66. The molecule has 1 aliphatic carbocycles. The summed E-state index contributed by atoms with van der Waals surface area (Å²) >= 11 is 2.09. The van der Waals surface area contributed by atoms with Crippen molar-refractivity contribution in [3.05, 3.63) is 39.1 Å². The molecule has 0 unspecified atom stereocenters. The fourth-order valence-corrected chi connectivity index (χ4v) is 4.86. The molecule has 124 valence electrons. The number of halogens is 1. The molecule has 1 saturated carbocycles. The van der Waals surface area contributed by atoms with Crippen molar-refractivity contribution in [1.82, 2.24) is 5.16 Å². The van der Waals surface area contributed by atoms with Gasteiger partial charge in [-0.05, 0) is 60.6 Å². The summed E-state index contributed by atoms with van der Waals surface area (Å²) in [6.07, 6.45) is 5.84. The fourth-order valence-electron chi connectivity index (χ4n) is 3.02. The van der Waals surface area contributed by atoms with Gasteiger partial charge < -0.3 is 4.52 Å². The van der Waals surface area contributed by atoms with Gasteiger partial charge in [0.2, 0.25) is 5.88 Å². The number of hydrogen-bond acceptors (Lipinski definition) is 4. The van der Waals surface area contributed by atoms with Crippen LogP contribution in [-0.2, 0) is 10.0 Å². The van der Waals surface area contributed by atoms with Crippen LogP contribution >= 0.6 is 22.6 Å². The maximum atomic E-state index is 12.5. The van der Waals surface area contributed by atoms with Gasteiger partial charge in [0.15, 0.2) is 0 Å². The Hall–Kier alpha value is -1.09. The number of aromatic nitrogens is 1. The van der Waals surface area contributed by atoms with E-state index in [4.69, 9.17) is 4.52 Å². The molecule has 0 bridgehead atoms. The zero-order valence-electron chi connectivity index (χ0n) is 12.9. The Morgan fingerprint density at radius 1 is 1.26 bits per heavy atom. The molecule has 0 atom stereocenters. The molecule has 1 heterocycles. The molecule has 5 nitrogen and oxygen atoms in total. The van der Waals surface area contributed by atoms with Crippen molar-refractivity contribution < 1.29 is 12.9 Å². The van der Waals surface area contributed by atoms with Crippen LogP contribution in [0.3, 0.4) is 0 Å². The highest BCUT2D eigenvalue weighted by Crippen LogP contribution is 2.36. The van der Waals surface area contributed by atoms with Crippen LogP contribution in [0.1, 0.15) is 49.3 Å². The molecule has 0 spiro atoms. The van der Waals surface area contributed by atoms with Gasteiger partial charge in [-0.2, -0.15) is 0 Å². The van der Waals surface area contributed by atoms with E-state index in [1.165, 1.54) is 19.3 Å². The van der Waals surface area contributed by atoms with Crippen LogP contribution in [0.15, 0.2) is 33.7 Å². The van der Waals surface area contributed by atoms with Crippen LogP contribution in [0.2, 0.25) is 0 Å². The number of sulfonamides is 1. The number of rotatable bonds is 4. The monoisotopic (exact) mass is 446 g/mol. The van der Waals surface area contributed by atoms with Gasteiger partial charge in [0, 0.05) is 15.1 Å². The third-order valence-electron chi connectivity index (χ3n) is 4.29. The summed E-state index contributed by atoms with van der Waals surface area (Å²) < 4.78 is 33.7. The van der Waals surface area contributed by atoms with E-state index < -0.39 is 10.0 Å². The Morgan fingerprint density at radius 2 is 2.00 bits per heavy atom. The highest BCUT2D eigenvalue weighted by atomic mass is 127. The number of benzene rings is 1. The first-order valence-corrected chi connectivity index (χ1v) is 10.3. The summed E-state index contributed by atoms with van der Waals surface area (Å²) in [7, 11) is -3.66. The third kappa shape index (κ3) is 3.71. The molecule has 1 fully saturated rings. The van der Waals surface area contributed by atoms with Crippen LogP contribution in [0.5, 0.6) is 0 Å². The number of anilines is 1. The fraction of sp³-hybridized carbons (Fsp3) is 0.438. The SMILES string of the molecule is Cc1c(C2CCCCC2)noc1NS(=O)(=O)c1cccc(I)c1. The molecule has 1 aromatic carbocycles. The zero-order valence-corrected chi connectivity index (χ0v) is 15.9. The maximum Gasteiger partial charge on any atom is 0.264 e. The van der Waals surface area contributed by atoms with Gasteiger partial charge in [0.1, 0.15) is 0 Å². The van der Waals surface area contributed by atoms with E-state index in [0.29, 0.717) is 5.92 Å². The summed E-state index contributed by atoms with van der Waals surface area (Å²) in [5, 5.41) is 4.13. The average molecular weight is 446 g/mol. The first kappa shape index (κ1) is 16.8. The molecule has 0 radical (unpaired) electrons. The zero-order chi connectivity index (χ0) is 16.4. The van der Waals surface area contributed by atoms with E-state index in [9.17, 15) is 8.42 Å². The predicted molar refractivity (Wildman–Crippen MR) is 97.0 cm³/mol. The second-order valence-corrected chi connectivity index (χ2v) is 8.85. The smallest absolute Gasteiger partial charge is 0.264 e. The first-order valence-electron chi connectivity index (χ1n) is 7.72. The number of nitrogens with one attached hydrogen (secondary N) is 1. The lowest BCUT2D eigenvalue weighted by molar-refractivity contribution is 0.387. The molecular formula is C16H19IN2O3S. The Labute approximate surface area is 150 Å². The van der Waals surface area contributed by atoms with E-state index in [0.717, 1.165) is 27.7 Å². The molecule has 1 aliphatic rings. The molecule has 0 saturated heterocycles. The van der Waals surface area contributed by atoms with Crippen molar-refractivity contribution in [2.45, 2.75) is 49.8 Å². The molecule has 0 amide bonds. The minimum Gasteiger partial charge on any atom is -0.337 e. The number of hydrogen-bond donors (Lipinski definition) is 1. The molecule has 1 aromatic heterocycles. The Morgan fingerprint density at radius 3 is 2.70 bits per heavy atom. The van der Waals surface area contributed by atoms with Crippen LogP contribution in [0.25, 0.3) is 0 Å². The Kier molecular flexibility index (Phi) is 4.96. The normalized spacial score (nSPS) is 16.4. The summed E-state index contributed by atoms with van der Waals surface area (Å²) in [4.78, 5) is 0.222. The maximum absolute atomic E-state index is 12.5. The van der Waals surface area contributed by atoms with Gasteiger partial charge in [0.25, 0.3) is 10.0 Å². The molecule has 7 heteroatoms. The Balaban J connectivity index is 1.84. The van der Waals surface area contributed by atoms with Crippen molar-refractivity contribution in [1.29, 1.82) is 0 Å². The van der Waals surface area contributed by atoms with Gasteiger partial charge in [-0.3, -0.25) is 0 Å². The highest BCUT2D eigenvalue weighted by molar-refractivity contribution is 14.1. The lowest BCUT2D eigenvalue weighted by Crippen LogP contribution is -2.13. The highest BCUT2D eigenvalue weighted by Gasteiger charge is 2.25. The lowest BCUT2D eigenvalue weighted by atomic mass is 9.86. The molecule has 3 rings (SSSR count). The van der Waals surface area contributed by atoms with Crippen molar-refractivity contribution in [2.24, 2.45) is 0 Å². The predicted octanol–water partition coefficient (Wildman–Crippen LogP) is 4.44. The topological polar surface area (TPSA) is 72.2 Å². The van der Waals surface area contributed by atoms with Gasteiger partial charge in [-0.1, -0.05) is 30.5 Å². The van der Waals surface area contributed by atoms with Gasteiger partial charge in [-0.15, -0.1) is 0 Å². The quantitative estimate of drug-likeness (QED) is 0.706. The van der Waals surface area contributed by atoms with E-state index in [1.54, 1.807) is 18.2 Å². The third-order valence-corrected chi connectivity index (χ3v) is 6.29. The van der Waals surface area contributed by atoms with E-state index in [1.807, 2.05) is 13.0 Å². The largest absolute Gasteiger partial charge is 0.337 e. The van der Waals surface area contributed by atoms with Crippen molar-refractivity contribution in [3.63, 3.8) is 0 Å². The van der Waals surface area contributed by atoms with Crippen molar-refractivity contribution in [3.8, 4) is 0 Å². The summed E-state index contributed by atoms with van der Waals surface area (Å²) in [5.41, 5.74) is 1.69. The van der Waals surface area contributed by atoms with Gasteiger partial charge >= 0.3 is 0 Å². The van der Waals surface area contributed by atoms with E-state index >= 15 is 0 Å². The van der Waals surface area contributed by atoms with E-state index in [2.05, 4.69) is 32.5 Å². The van der Waals surface area contributed by atoms with Crippen LogP contribution in [0, 0.1) is 10.5 Å².